The van der Waals surface area contributed by atoms with E-state index in [1.165, 1.54) is 70.0 Å². The number of benzene rings is 1. The molecule has 126 valence electrons. The fraction of sp³-hybridized carbons (Fsp3) is 0.650. The third-order valence-electron chi connectivity index (χ3n) is 5.26. The SMILES string of the molecule is O=C(CC1CCCCC1)Nc1cccc(CN2CCCCC2)c1. The van der Waals surface area contributed by atoms with Crippen molar-refractivity contribution >= 4 is 11.6 Å². The van der Waals surface area contributed by atoms with Gasteiger partial charge in [0.05, 0.1) is 0 Å². The van der Waals surface area contributed by atoms with E-state index in [-0.39, 0.29) is 5.91 Å². The summed E-state index contributed by atoms with van der Waals surface area (Å²) >= 11 is 0. The second-order valence-electron chi connectivity index (χ2n) is 7.29. The van der Waals surface area contributed by atoms with Crippen LogP contribution in [-0.4, -0.2) is 23.9 Å². The summed E-state index contributed by atoms with van der Waals surface area (Å²) in [5, 5.41) is 3.11. The molecule has 1 aliphatic carbocycles. The van der Waals surface area contributed by atoms with Gasteiger partial charge >= 0.3 is 0 Å². The van der Waals surface area contributed by atoms with Crippen molar-refractivity contribution in [2.45, 2.75) is 64.3 Å². The molecule has 1 saturated carbocycles. The Bertz CT molecular complexity index is 502. The first kappa shape index (κ1) is 16.5. The summed E-state index contributed by atoms with van der Waals surface area (Å²) in [5.41, 5.74) is 2.27. The first-order valence-corrected chi connectivity index (χ1v) is 9.41. The Morgan fingerprint density at radius 1 is 1.04 bits per heavy atom. The summed E-state index contributed by atoms with van der Waals surface area (Å²) in [4.78, 5) is 14.8. The molecule has 2 aliphatic rings. The maximum atomic E-state index is 12.3. The van der Waals surface area contributed by atoms with Crippen molar-refractivity contribution in [2.75, 3.05) is 18.4 Å². The quantitative estimate of drug-likeness (QED) is 0.862. The summed E-state index contributed by atoms with van der Waals surface area (Å²) < 4.78 is 0. The highest BCUT2D eigenvalue weighted by Gasteiger charge is 2.17. The van der Waals surface area contributed by atoms with Gasteiger partial charge in [0, 0.05) is 18.7 Å². The molecule has 3 nitrogen and oxygen atoms in total. The molecule has 0 atom stereocenters. The Morgan fingerprint density at radius 3 is 2.57 bits per heavy atom. The predicted molar refractivity (Wildman–Crippen MR) is 95.4 cm³/mol. The van der Waals surface area contributed by atoms with Crippen LogP contribution in [0.4, 0.5) is 5.69 Å². The van der Waals surface area contributed by atoms with Gasteiger partial charge in [-0.2, -0.15) is 0 Å². The van der Waals surface area contributed by atoms with Crippen molar-refractivity contribution in [3.05, 3.63) is 29.8 Å². The van der Waals surface area contributed by atoms with Crippen molar-refractivity contribution in [1.29, 1.82) is 0 Å². The lowest BCUT2D eigenvalue weighted by molar-refractivity contribution is -0.117. The van der Waals surface area contributed by atoms with Gasteiger partial charge in [-0.15, -0.1) is 0 Å². The maximum absolute atomic E-state index is 12.3. The van der Waals surface area contributed by atoms with Gasteiger partial charge in [0.2, 0.25) is 5.91 Å². The lowest BCUT2D eigenvalue weighted by Crippen LogP contribution is -2.29. The normalized spacial score (nSPS) is 20.3. The molecule has 0 aromatic heterocycles. The lowest BCUT2D eigenvalue weighted by atomic mass is 9.87. The summed E-state index contributed by atoms with van der Waals surface area (Å²) in [5.74, 6) is 0.785. The molecule has 1 heterocycles. The van der Waals surface area contributed by atoms with Crippen LogP contribution in [0.2, 0.25) is 0 Å². The number of carbonyl (C=O) groups excluding carboxylic acids is 1. The van der Waals surface area contributed by atoms with Crippen molar-refractivity contribution in [3.8, 4) is 0 Å². The predicted octanol–water partition coefficient (Wildman–Crippen LogP) is 4.58. The summed E-state index contributed by atoms with van der Waals surface area (Å²) in [7, 11) is 0. The minimum atomic E-state index is 0.187. The first-order valence-electron chi connectivity index (χ1n) is 9.41. The third-order valence-corrected chi connectivity index (χ3v) is 5.26. The topological polar surface area (TPSA) is 32.3 Å². The van der Waals surface area contributed by atoms with Crippen LogP contribution < -0.4 is 5.32 Å². The number of hydrogen-bond acceptors (Lipinski definition) is 2. The van der Waals surface area contributed by atoms with Crippen LogP contribution >= 0.6 is 0 Å². The molecule has 3 heteroatoms. The number of rotatable bonds is 5. The summed E-state index contributed by atoms with van der Waals surface area (Å²) in [6.45, 7) is 3.42. The molecule has 0 spiro atoms. The Morgan fingerprint density at radius 2 is 1.78 bits per heavy atom. The zero-order valence-electron chi connectivity index (χ0n) is 14.2. The Hall–Kier alpha value is -1.35. The molecule has 23 heavy (non-hydrogen) atoms. The number of likely N-dealkylation sites (tertiary alicyclic amines) is 1. The largest absolute Gasteiger partial charge is 0.326 e. The number of nitrogens with zero attached hydrogens (tertiary/aromatic N) is 1. The zero-order valence-corrected chi connectivity index (χ0v) is 14.2. The second-order valence-corrected chi connectivity index (χ2v) is 7.29. The summed E-state index contributed by atoms with van der Waals surface area (Å²) in [6.07, 6.45) is 11.1. The molecular weight excluding hydrogens is 284 g/mol. The third kappa shape index (κ3) is 5.35. The van der Waals surface area contributed by atoms with Crippen molar-refractivity contribution in [3.63, 3.8) is 0 Å². The van der Waals surface area contributed by atoms with Gasteiger partial charge in [0.15, 0.2) is 0 Å². The maximum Gasteiger partial charge on any atom is 0.224 e. The standard InChI is InChI=1S/C20H30N2O/c23-20(15-17-8-3-1-4-9-17)21-19-11-7-10-18(14-19)16-22-12-5-2-6-13-22/h7,10-11,14,17H,1-6,8-9,12-13,15-16H2,(H,21,23). The van der Waals surface area contributed by atoms with Crippen LogP contribution in [0, 0.1) is 5.92 Å². The number of nitrogens with one attached hydrogen (secondary N) is 1. The molecule has 1 saturated heterocycles. The van der Waals surface area contributed by atoms with Crippen LogP contribution in [-0.2, 0) is 11.3 Å². The highest BCUT2D eigenvalue weighted by Crippen LogP contribution is 2.26. The number of amides is 1. The Labute approximate surface area is 140 Å². The first-order chi connectivity index (χ1) is 11.3. The minimum absolute atomic E-state index is 0.187. The molecule has 0 radical (unpaired) electrons. The average molecular weight is 314 g/mol. The van der Waals surface area contributed by atoms with E-state index in [1.54, 1.807) is 0 Å². The monoisotopic (exact) mass is 314 g/mol. The number of hydrogen-bond donors (Lipinski definition) is 1. The molecule has 1 N–H and O–H groups in total. The number of anilines is 1. The van der Waals surface area contributed by atoms with Crippen LogP contribution in [0.15, 0.2) is 24.3 Å². The lowest BCUT2D eigenvalue weighted by Gasteiger charge is -2.26. The molecule has 1 aliphatic heterocycles. The van der Waals surface area contributed by atoms with E-state index < -0.39 is 0 Å². The van der Waals surface area contributed by atoms with Crippen LogP contribution in [0.25, 0.3) is 0 Å². The van der Waals surface area contributed by atoms with Gasteiger partial charge in [0.1, 0.15) is 0 Å². The zero-order chi connectivity index (χ0) is 15.9. The minimum Gasteiger partial charge on any atom is -0.326 e. The van der Waals surface area contributed by atoms with E-state index in [0.29, 0.717) is 12.3 Å². The average Bonchev–Trinajstić information content (AvgIpc) is 2.57. The van der Waals surface area contributed by atoms with Crippen LogP contribution in [0.5, 0.6) is 0 Å². The highest BCUT2D eigenvalue weighted by atomic mass is 16.1. The molecule has 0 bridgehead atoms. The molecule has 2 fully saturated rings. The molecular formula is C20H30N2O. The Kier molecular flexibility index (Phi) is 6.09. The molecule has 3 rings (SSSR count). The van der Waals surface area contributed by atoms with Crippen molar-refractivity contribution in [2.24, 2.45) is 5.92 Å². The smallest absolute Gasteiger partial charge is 0.224 e. The van der Waals surface area contributed by atoms with Gasteiger partial charge in [-0.1, -0.05) is 37.8 Å². The van der Waals surface area contributed by atoms with Gasteiger partial charge in [-0.25, -0.2) is 0 Å². The second kappa shape index (κ2) is 8.49. The van der Waals surface area contributed by atoms with E-state index in [0.717, 1.165) is 12.2 Å². The van der Waals surface area contributed by atoms with Gasteiger partial charge in [-0.3, -0.25) is 9.69 Å². The highest BCUT2D eigenvalue weighted by molar-refractivity contribution is 5.90. The van der Waals surface area contributed by atoms with E-state index in [2.05, 4.69) is 28.4 Å². The van der Waals surface area contributed by atoms with Crippen LogP contribution in [0.3, 0.4) is 0 Å². The van der Waals surface area contributed by atoms with Gasteiger partial charge in [0.25, 0.3) is 0 Å². The van der Waals surface area contributed by atoms with Crippen molar-refractivity contribution in [1.82, 2.24) is 4.90 Å². The van der Waals surface area contributed by atoms with E-state index >= 15 is 0 Å². The Balaban J connectivity index is 1.50. The fourth-order valence-electron chi connectivity index (χ4n) is 3.99. The summed E-state index contributed by atoms with van der Waals surface area (Å²) in [6, 6.07) is 8.40. The fourth-order valence-corrected chi connectivity index (χ4v) is 3.99. The number of piperidine rings is 1. The van der Waals surface area contributed by atoms with E-state index in [4.69, 9.17) is 0 Å². The molecule has 1 aromatic carbocycles. The van der Waals surface area contributed by atoms with Gasteiger partial charge in [-0.05, 0) is 62.4 Å². The van der Waals surface area contributed by atoms with Gasteiger partial charge < -0.3 is 5.32 Å². The van der Waals surface area contributed by atoms with E-state index in [1.807, 2.05) is 6.07 Å². The van der Waals surface area contributed by atoms with Crippen LogP contribution in [0.1, 0.15) is 63.4 Å². The molecule has 0 unspecified atom stereocenters. The van der Waals surface area contributed by atoms with E-state index in [9.17, 15) is 4.79 Å². The molecule has 1 aromatic rings. The van der Waals surface area contributed by atoms with Crippen molar-refractivity contribution < 1.29 is 4.79 Å². The molecule has 1 amide bonds. The number of carbonyl (C=O) groups is 1.